The van der Waals surface area contributed by atoms with Crippen molar-refractivity contribution < 1.29 is 4.79 Å². The molecule has 5 nitrogen and oxygen atoms in total. The van der Waals surface area contributed by atoms with Gasteiger partial charge in [-0.2, -0.15) is 5.10 Å². The molecule has 1 N–H and O–H groups in total. The summed E-state index contributed by atoms with van der Waals surface area (Å²) in [5.74, 6) is 0.299. The zero-order chi connectivity index (χ0) is 15.7. The molecule has 0 aliphatic carbocycles. The fourth-order valence-electron chi connectivity index (χ4n) is 3.13. The topological polar surface area (TPSA) is 50.2 Å². The zero-order valence-electron chi connectivity index (χ0n) is 13.3. The van der Waals surface area contributed by atoms with Crippen molar-refractivity contribution in [2.75, 3.05) is 25.0 Å². The van der Waals surface area contributed by atoms with E-state index < -0.39 is 0 Å². The molecule has 2 heterocycles. The van der Waals surface area contributed by atoms with Gasteiger partial charge in [0.15, 0.2) is 0 Å². The Kier molecular flexibility index (Phi) is 3.98. The zero-order valence-corrected chi connectivity index (χ0v) is 13.3. The Morgan fingerprint density at radius 2 is 2.23 bits per heavy atom. The van der Waals surface area contributed by atoms with Crippen molar-refractivity contribution in [1.29, 1.82) is 0 Å². The van der Waals surface area contributed by atoms with Gasteiger partial charge in [0, 0.05) is 45.0 Å². The average molecular weight is 298 g/mol. The third kappa shape index (κ3) is 2.76. The summed E-state index contributed by atoms with van der Waals surface area (Å²) in [4.78, 5) is 14.7. The van der Waals surface area contributed by atoms with E-state index in [-0.39, 0.29) is 17.7 Å². The van der Waals surface area contributed by atoms with Crippen LogP contribution in [0, 0.1) is 12.8 Å². The molecular formula is C17H22N4O. The van der Waals surface area contributed by atoms with Gasteiger partial charge in [-0.05, 0) is 30.2 Å². The maximum Gasteiger partial charge on any atom is 0.231 e. The minimum absolute atomic E-state index is 0.0466. The van der Waals surface area contributed by atoms with Crippen LogP contribution < -0.4 is 10.2 Å². The van der Waals surface area contributed by atoms with Gasteiger partial charge >= 0.3 is 0 Å². The van der Waals surface area contributed by atoms with Gasteiger partial charge in [-0.3, -0.25) is 9.48 Å². The largest absolute Gasteiger partial charge is 0.315 e. The highest BCUT2D eigenvalue weighted by Crippen LogP contribution is 2.30. The molecule has 0 saturated carbocycles. The average Bonchev–Trinajstić information content (AvgIpc) is 3.14. The Bertz CT molecular complexity index is 679. The third-order valence-corrected chi connectivity index (χ3v) is 4.40. The normalized spacial score (nSPS) is 21.0. The van der Waals surface area contributed by atoms with E-state index in [1.54, 1.807) is 9.58 Å². The Morgan fingerprint density at radius 3 is 2.91 bits per heavy atom. The first-order chi connectivity index (χ1) is 10.6. The van der Waals surface area contributed by atoms with Crippen LogP contribution in [0.5, 0.6) is 0 Å². The summed E-state index contributed by atoms with van der Waals surface area (Å²) in [5.41, 5.74) is 3.23. The van der Waals surface area contributed by atoms with Crippen molar-refractivity contribution in [1.82, 2.24) is 15.1 Å². The third-order valence-electron chi connectivity index (χ3n) is 4.40. The highest BCUT2D eigenvalue weighted by molar-refractivity contribution is 5.95. The van der Waals surface area contributed by atoms with E-state index >= 15 is 0 Å². The number of carbonyl (C=O) groups excluding carboxylic acids is 1. The van der Waals surface area contributed by atoms with Crippen LogP contribution in [0.3, 0.4) is 0 Å². The molecule has 1 saturated heterocycles. The lowest BCUT2D eigenvalue weighted by atomic mass is 9.90. The van der Waals surface area contributed by atoms with Crippen molar-refractivity contribution >= 4 is 11.6 Å². The number of nitrogens with one attached hydrogen (secondary N) is 1. The molecule has 1 amide bonds. The quantitative estimate of drug-likeness (QED) is 0.938. The Balaban J connectivity index is 1.81. The summed E-state index contributed by atoms with van der Waals surface area (Å²) in [7, 11) is 3.76. The molecule has 1 aromatic heterocycles. The second-order valence-corrected chi connectivity index (χ2v) is 6.05. The van der Waals surface area contributed by atoms with Crippen LogP contribution in [0.1, 0.15) is 17.0 Å². The van der Waals surface area contributed by atoms with Crippen LogP contribution >= 0.6 is 0 Å². The lowest BCUT2D eigenvalue weighted by Gasteiger charge is -2.24. The summed E-state index contributed by atoms with van der Waals surface area (Å²) in [6, 6.07) is 8.04. The maximum atomic E-state index is 12.9. The molecule has 3 rings (SSSR count). The first-order valence-corrected chi connectivity index (χ1v) is 7.60. The van der Waals surface area contributed by atoms with Crippen LogP contribution in [0.15, 0.2) is 36.7 Å². The Morgan fingerprint density at radius 1 is 1.41 bits per heavy atom. The fraction of sp³-hybridized carbons (Fsp3) is 0.412. The number of hydrogen-bond donors (Lipinski definition) is 1. The number of benzene rings is 1. The number of amides is 1. The van der Waals surface area contributed by atoms with Crippen LogP contribution in [0.2, 0.25) is 0 Å². The van der Waals surface area contributed by atoms with Gasteiger partial charge in [0.2, 0.25) is 5.91 Å². The predicted octanol–water partition coefficient (Wildman–Crippen LogP) is 1.69. The van der Waals surface area contributed by atoms with Crippen molar-refractivity contribution in [3.05, 3.63) is 47.8 Å². The molecule has 0 unspecified atom stereocenters. The smallest absolute Gasteiger partial charge is 0.231 e. The lowest BCUT2D eigenvalue weighted by molar-refractivity contribution is -0.121. The molecule has 1 fully saturated rings. The number of anilines is 1. The predicted molar refractivity (Wildman–Crippen MR) is 86.9 cm³/mol. The number of aryl methyl sites for hydroxylation is 2. The molecule has 1 aliphatic rings. The fourth-order valence-corrected chi connectivity index (χ4v) is 3.13. The lowest BCUT2D eigenvalue weighted by Crippen LogP contribution is -2.36. The number of nitrogens with zero attached hydrogens (tertiary/aromatic N) is 3. The standard InChI is InChI=1S/C17H22N4O/c1-12-5-4-6-14(7-12)21(3)17(22)16-10-18-9-15(16)13-8-19-20(2)11-13/h4-8,11,15-16,18H,9-10H2,1-3H3/t15-,16+/m1/s1. The first kappa shape index (κ1) is 14.8. The van der Waals surface area contributed by atoms with E-state index in [4.69, 9.17) is 0 Å². The van der Waals surface area contributed by atoms with Gasteiger partial charge in [0.05, 0.1) is 12.1 Å². The molecular weight excluding hydrogens is 276 g/mol. The number of rotatable bonds is 3. The van der Waals surface area contributed by atoms with Gasteiger partial charge in [-0.1, -0.05) is 12.1 Å². The second kappa shape index (κ2) is 5.93. The van der Waals surface area contributed by atoms with E-state index in [9.17, 15) is 4.79 Å². The van der Waals surface area contributed by atoms with Gasteiger partial charge in [-0.25, -0.2) is 0 Å². The molecule has 1 aliphatic heterocycles. The van der Waals surface area contributed by atoms with E-state index in [0.717, 1.165) is 23.4 Å². The Hall–Kier alpha value is -2.14. The van der Waals surface area contributed by atoms with E-state index in [1.807, 2.05) is 57.7 Å². The van der Waals surface area contributed by atoms with Gasteiger partial charge in [0.25, 0.3) is 0 Å². The molecule has 2 atom stereocenters. The van der Waals surface area contributed by atoms with Gasteiger partial charge < -0.3 is 10.2 Å². The summed E-state index contributed by atoms with van der Waals surface area (Å²) < 4.78 is 1.79. The Labute approximate surface area is 130 Å². The molecule has 0 radical (unpaired) electrons. The first-order valence-electron chi connectivity index (χ1n) is 7.60. The van der Waals surface area contributed by atoms with Crippen LogP contribution in [-0.4, -0.2) is 35.8 Å². The van der Waals surface area contributed by atoms with Crippen LogP contribution in [0.4, 0.5) is 5.69 Å². The molecule has 1 aromatic carbocycles. The maximum absolute atomic E-state index is 12.9. The monoisotopic (exact) mass is 298 g/mol. The molecule has 5 heteroatoms. The molecule has 0 spiro atoms. The van der Waals surface area contributed by atoms with Crippen molar-refractivity contribution in [2.45, 2.75) is 12.8 Å². The minimum Gasteiger partial charge on any atom is -0.315 e. The molecule has 22 heavy (non-hydrogen) atoms. The second-order valence-electron chi connectivity index (χ2n) is 6.05. The van der Waals surface area contributed by atoms with Gasteiger partial charge in [-0.15, -0.1) is 0 Å². The van der Waals surface area contributed by atoms with Crippen molar-refractivity contribution in [3.8, 4) is 0 Å². The van der Waals surface area contributed by atoms with E-state index in [2.05, 4.69) is 10.4 Å². The van der Waals surface area contributed by atoms with Crippen molar-refractivity contribution in [3.63, 3.8) is 0 Å². The summed E-state index contributed by atoms with van der Waals surface area (Å²) in [6.45, 7) is 3.58. The summed E-state index contributed by atoms with van der Waals surface area (Å²) in [5, 5.41) is 7.58. The number of hydrogen-bond acceptors (Lipinski definition) is 3. The number of aromatic nitrogens is 2. The summed E-state index contributed by atoms with van der Waals surface area (Å²) in [6.07, 6.45) is 3.87. The van der Waals surface area contributed by atoms with Crippen LogP contribution in [0.25, 0.3) is 0 Å². The minimum atomic E-state index is -0.0466. The SMILES string of the molecule is Cc1cccc(N(C)C(=O)[C@H]2CNC[C@@H]2c2cnn(C)c2)c1. The van der Waals surface area contributed by atoms with E-state index in [0.29, 0.717) is 6.54 Å². The highest BCUT2D eigenvalue weighted by Gasteiger charge is 2.36. The summed E-state index contributed by atoms with van der Waals surface area (Å²) >= 11 is 0. The van der Waals surface area contributed by atoms with Crippen LogP contribution in [-0.2, 0) is 11.8 Å². The number of carbonyl (C=O) groups is 1. The molecule has 116 valence electrons. The molecule has 2 aromatic rings. The van der Waals surface area contributed by atoms with Gasteiger partial charge in [0.1, 0.15) is 0 Å². The highest BCUT2D eigenvalue weighted by atomic mass is 16.2. The van der Waals surface area contributed by atoms with Crippen molar-refractivity contribution in [2.24, 2.45) is 13.0 Å². The molecule has 0 bridgehead atoms. The van der Waals surface area contributed by atoms with E-state index in [1.165, 1.54) is 0 Å².